The molecule has 0 saturated heterocycles. The monoisotopic (exact) mass is 338 g/mol. The summed E-state index contributed by atoms with van der Waals surface area (Å²) in [5, 5.41) is 5.96. The highest BCUT2D eigenvalue weighted by atomic mass is 16.5. The fourth-order valence-electron chi connectivity index (χ4n) is 2.81. The van der Waals surface area contributed by atoms with Crippen molar-refractivity contribution in [3.05, 3.63) is 71.3 Å². The largest absolute Gasteiger partial charge is 0.465 e. The minimum Gasteiger partial charge on any atom is -0.465 e. The Morgan fingerprint density at radius 1 is 1.08 bits per heavy atom. The van der Waals surface area contributed by atoms with Crippen LogP contribution in [0.4, 0.5) is 4.79 Å². The van der Waals surface area contributed by atoms with Crippen LogP contribution < -0.4 is 10.6 Å². The fraction of sp³-hybridized carbons (Fsp3) is 0.300. The van der Waals surface area contributed by atoms with E-state index in [2.05, 4.69) is 27.5 Å². The molecule has 0 heterocycles. The van der Waals surface area contributed by atoms with Gasteiger partial charge in [-0.1, -0.05) is 42.5 Å². The highest BCUT2D eigenvalue weighted by Gasteiger charge is 2.33. The van der Waals surface area contributed by atoms with Crippen LogP contribution in [0.2, 0.25) is 0 Å². The first-order chi connectivity index (χ1) is 12.2. The second-order valence-electron chi connectivity index (χ2n) is 6.24. The topological polar surface area (TPSA) is 67.4 Å². The van der Waals surface area contributed by atoms with Crippen molar-refractivity contribution in [3.8, 4) is 0 Å². The third kappa shape index (κ3) is 4.59. The normalized spacial score (nSPS) is 14.4. The maximum atomic E-state index is 12.3. The second-order valence-corrected chi connectivity index (χ2v) is 6.24. The number of ether oxygens (including phenoxy) is 1. The Morgan fingerprint density at radius 3 is 2.36 bits per heavy atom. The molecule has 0 aliphatic heterocycles. The Morgan fingerprint density at radius 2 is 1.76 bits per heavy atom. The average Bonchev–Trinajstić information content (AvgIpc) is 3.50. The third-order valence-corrected chi connectivity index (χ3v) is 4.37. The van der Waals surface area contributed by atoms with Gasteiger partial charge in [0.1, 0.15) is 0 Å². The molecule has 1 atom stereocenters. The number of amides is 2. The lowest BCUT2D eigenvalue weighted by molar-refractivity contribution is 0.0600. The van der Waals surface area contributed by atoms with Gasteiger partial charge in [-0.25, -0.2) is 9.59 Å². The predicted octanol–water partition coefficient (Wildman–Crippen LogP) is 3.42. The van der Waals surface area contributed by atoms with Crippen molar-refractivity contribution >= 4 is 12.0 Å². The van der Waals surface area contributed by atoms with Gasteiger partial charge < -0.3 is 15.4 Å². The Kier molecular flexibility index (Phi) is 5.33. The first kappa shape index (κ1) is 17.0. The van der Waals surface area contributed by atoms with Crippen LogP contribution in [-0.2, 0) is 11.3 Å². The summed E-state index contributed by atoms with van der Waals surface area (Å²) in [6, 6.07) is 16.9. The molecule has 2 amide bonds. The number of nitrogens with one attached hydrogen (secondary N) is 2. The quantitative estimate of drug-likeness (QED) is 0.793. The molecule has 2 aromatic rings. The summed E-state index contributed by atoms with van der Waals surface area (Å²) in [5.41, 5.74) is 2.56. The molecule has 0 aromatic heterocycles. The van der Waals surface area contributed by atoms with Crippen molar-refractivity contribution in [3.63, 3.8) is 0 Å². The molecule has 1 unspecified atom stereocenters. The molecule has 1 saturated carbocycles. The number of urea groups is 1. The molecule has 25 heavy (non-hydrogen) atoms. The van der Waals surface area contributed by atoms with Gasteiger partial charge in [0.05, 0.1) is 18.7 Å². The lowest BCUT2D eigenvalue weighted by atomic mass is 10.0. The zero-order valence-electron chi connectivity index (χ0n) is 14.2. The van der Waals surface area contributed by atoms with E-state index < -0.39 is 0 Å². The van der Waals surface area contributed by atoms with Crippen molar-refractivity contribution < 1.29 is 14.3 Å². The van der Waals surface area contributed by atoms with Crippen LogP contribution in [0.3, 0.4) is 0 Å². The summed E-state index contributed by atoms with van der Waals surface area (Å²) >= 11 is 0. The molecule has 0 bridgehead atoms. The summed E-state index contributed by atoms with van der Waals surface area (Å²) in [6.07, 6.45) is 2.30. The van der Waals surface area contributed by atoms with Crippen molar-refractivity contribution in [1.82, 2.24) is 10.6 Å². The van der Waals surface area contributed by atoms with Crippen molar-refractivity contribution in [1.29, 1.82) is 0 Å². The van der Waals surface area contributed by atoms with E-state index >= 15 is 0 Å². The highest BCUT2D eigenvalue weighted by molar-refractivity contribution is 5.89. The van der Waals surface area contributed by atoms with Gasteiger partial charge in [-0.15, -0.1) is 0 Å². The summed E-state index contributed by atoms with van der Waals surface area (Å²) in [7, 11) is 1.35. The minimum absolute atomic E-state index is 0.0582. The number of carbonyl (C=O) groups is 2. The average molecular weight is 338 g/mol. The van der Waals surface area contributed by atoms with Crippen LogP contribution in [0.1, 0.15) is 40.4 Å². The standard InChI is InChI=1S/C20H22N2O3/c1-25-19(23)17-9-7-14(8-10-17)13-21-20(24)22-18(16-11-12-16)15-5-3-2-4-6-15/h2-10,16,18H,11-13H2,1H3,(H2,21,22,24). The summed E-state index contributed by atoms with van der Waals surface area (Å²) in [5.74, 6) is 0.153. The molecule has 3 rings (SSSR count). The van der Waals surface area contributed by atoms with E-state index in [0.29, 0.717) is 18.0 Å². The van der Waals surface area contributed by atoms with Crippen LogP contribution in [0.25, 0.3) is 0 Å². The number of esters is 1. The van der Waals surface area contributed by atoms with Gasteiger partial charge in [-0.3, -0.25) is 0 Å². The molecule has 5 nitrogen and oxygen atoms in total. The molecule has 2 N–H and O–H groups in total. The second kappa shape index (κ2) is 7.83. The van der Waals surface area contributed by atoms with E-state index in [9.17, 15) is 9.59 Å². The number of carbonyl (C=O) groups excluding carboxylic acids is 2. The molecule has 2 aromatic carbocycles. The first-order valence-corrected chi connectivity index (χ1v) is 8.44. The Balaban J connectivity index is 1.54. The number of rotatable bonds is 6. The third-order valence-electron chi connectivity index (χ3n) is 4.37. The molecular formula is C20H22N2O3. The number of benzene rings is 2. The number of hydrogen-bond acceptors (Lipinski definition) is 3. The summed E-state index contributed by atoms with van der Waals surface area (Å²) in [6.45, 7) is 0.402. The lowest BCUT2D eigenvalue weighted by Gasteiger charge is -2.19. The van der Waals surface area contributed by atoms with E-state index in [1.54, 1.807) is 12.1 Å². The maximum Gasteiger partial charge on any atom is 0.337 e. The van der Waals surface area contributed by atoms with E-state index in [0.717, 1.165) is 24.0 Å². The molecular weight excluding hydrogens is 316 g/mol. The predicted molar refractivity (Wildman–Crippen MR) is 95.1 cm³/mol. The Labute approximate surface area is 147 Å². The Bertz CT molecular complexity index is 724. The molecule has 1 fully saturated rings. The summed E-state index contributed by atoms with van der Waals surface area (Å²) in [4.78, 5) is 23.7. The molecule has 1 aliphatic carbocycles. The SMILES string of the molecule is COC(=O)c1ccc(CNC(=O)NC(c2ccccc2)C2CC2)cc1. The molecule has 5 heteroatoms. The van der Waals surface area contributed by atoms with E-state index in [1.807, 2.05) is 30.3 Å². The van der Waals surface area contributed by atoms with Crippen molar-refractivity contribution in [2.75, 3.05) is 7.11 Å². The van der Waals surface area contributed by atoms with Gasteiger partial charge >= 0.3 is 12.0 Å². The zero-order valence-corrected chi connectivity index (χ0v) is 14.2. The first-order valence-electron chi connectivity index (χ1n) is 8.44. The van der Waals surface area contributed by atoms with Gasteiger partial charge in [-0.05, 0) is 42.0 Å². The molecule has 0 radical (unpaired) electrons. The molecule has 1 aliphatic rings. The fourth-order valence-corrected chi connectivity index (χ4v) is 2.81. The molecule has 130 valence electrons. The van der Waals surface area contributed by atoms with Crippen LogP contribution in [0, 0.1) is 5.92 Å². The van der Waals surface area contributed by atoms with Crippen LogP contribution >= 0.6 is 0 Å². The number of hydrogen-bond donors (Lipinski definition) is 2. The van der Waals surface area contributed by atoms with E-state index in [-0.39, 0.29) is 18.0 Å². The zero-order chi connectivity index (χ0) is 17.6. The lowest BCUT2D eigenvalue weighted by Crippen LogP contribution is -2.38. The van der Waals surface area contributed by atoms with Gasteiger partial charge in [0.2, 0.25) is 0 Å². The van der Waals surface area contributed by atoms with Crippen LogP contribution in [0.5, 0.6) is 0 Å². The van der Waals surface area contributed by atoms with Gasteiger partial charge in [0.25, 0.3) is 0 Å². The molecule has 0 spiro atoms. The highest BCUT2D eigenvalue weighted by Crippen LogP contribution is 2.40. The van der Waals surface area contributed by atoms with Crippen molar-refractivity contribution in [2.45, 2.75) is 25.4 Å². The Hall–Kier alpha value is -2.82. The van der Waals surface area contributed by atoms with Crippen molar-refractivity contribution in [2.24, 2.45) is 5.92 Å². The smallest absolute Gasteiger partial charge is 0.337 e. The minimum atomic E-state index is -0.368. The van der Waals surface area contributed by atoms with E-state index in [4.69, 9.17) is 0 Å². The van der Waals surface area contributed by atoms with Crippen LogP contribution in [0.15, 0.2) is 54.6 Å². The number of methoxy groups -OCH3 is 1. The van der Waals surface area contributed by atoms with Gasteiger partial charge in [0, 0.05) is 6.54 Å². The summed E-state index contributed by atoms with van der Waals surface area (Å²) < 4.78 is 4.67. The maximum absolute atomic E-state index is 12.3. The van der Waals surface area contributed by atoms with Gasteiger partial charge in [0.15, 0.2) is 0 Å². The van der Waals surface area contributed by atoms with Crippen LogP contribution in [-0.4, -0.2) is 19.1 Å². The van der Waals surface area contributed by atoms with Gasteiger partial charge in [-0.2, -0.15) is 0 Å². The van der Waals surface area contributed by atoms with E-state index in [1.165, 1.54) is 7.11 Å².